The first kappa shape index (κ1) is 18.7. The molecule has 2 rings (SSSR count). The van der Waals surface area contributed by atoms with E-state index in [-0.39, 0.29) is 0 Å². The molecule has 0 aromatic carbocycles. The van der Waals surface area contributed by atoms with Crippen molar-refractivity contribution in [1.82, 2.24) is 14.9 Å². The first-order chi connectivity index (χ1) is 11.5. The van der Waals surface area contributed by atoms with Gasteiger partial charge in [0.1, 0.15) is 5.54 Å². The van der Waals surface area contributed by atoms with Crippen molar-refractivity contribution < 1.29 is 9.90 Å². The van der Waals surface area contributed by atoms with Crippen LogP contribution in [-0.2, 0) is 4.79 Å². The van der Waals surface area contributed by atoms with Crippen molar-refractivity contribution >= 4 is 19.8 Å². The van der Waals surface area contributed by atoms with E-state index in [1.165, 1.54) is 0 Å². The van der Waals surface area contributed by atoms with Crippen LogP contribution in [0, 0.1) is 0 Å². The van der Waals surface area contributed by atoms with Crippen molar-refractivity contribution in [2.75, 3.05) is 37.6 Å². The van der Waals surface area contributed by atoms with Crippen LogP contribution >= 0.6 is 0 Å². The summed E-state index contributed by atoms with van der Waals surface area (Å²) >= 11 is 0. The maximum Gasteiger partial charge on any atom is 0.323 e. The van der Waals surface area contributed by atoms with Crippen LogP contribution in [-0.4, -0.2) is 72.1 Å². The van der Waals surface area contributed by atoms with Crippen LogP contribution in [0.15, 0.2) is 18.5 Å². The number of aliphatic carboxylic acids is 1. The number of nitrogens with two attached hydrogens (primary N) is 1. The highest BCUT2D eigenvalue weighted by molar-refractivity contribution is 6.08. The molecule has 1 unspecified atom stereocenters. The number of rotatable bonds is 9. The Morgan fingerprint density at radius 2 is 1.88 bits per heavy atom. The van der Waals surface area contributed by atoms with Crippen molar-refractivity contribution in [1.29, 1.82) is 0 Å². The summed E-state index contributed by atoms with van der Waals surface area (Å²) in [5, 5.41) is 9.45. The van der Waals surface area contributed by atoms with Crippen LogP contribution in [0.25, 0.3) is 0 Å². The predicted octanol–water partition coefficient (Wildman–Crippen LogP) is 0.528. The maximum absolute atomic E-state index is 11.5. The number of hydrogen-bond donors (Lipinski definition) is 2. The Hall–Kier alpha value is -1.67. The molecule has 2 radical (unpaired) electrons. The molecular weight excluding hydrogens is 305 g/mol. The van der Waals surface area contributed by atoms with Gasteiger partial charge in [0.05, 0.1) is 7.85 Å². The molecule has 0 spiro atoms. The van der Waals surface area contributed by atoms with Crippen LogP contribution in [0.1, 0.15) is 25.7 Å². The highest BCUT2D eigenvalue weighted by atomic mass is 16.4. The SMILES string of the molecule is [B]CCCCC(N)(CCN1CCN(c2ncccn2)CC1)C(=O)O. The zero-order chi connectivity index (χ0) is 17.4. The van der Waals surface area contributed by atoms with Crippen molar-refractivity contribution in [2.24, 2.45) is 5.73 Å². The number of carboxylic acids is 1. The maximum atomic E-state index is 11.5. The van der Waals surface area contributed by atoms with Crippen molar-refractivity contribution in [3.8, 4) is 0 Å². The lowest BCUT2D eigenvalue weighted by Gasteiger charge is -2.36. The fourth-order valence-corrected chi connectivity index (χ4v) is 2.91. The first-order valence-corrected chi connectivity index (χ1v) is 8.52. The van der Waals surface area contributed by atoms with Gasteiger partial charge in [-0.3, -0.25) is 9.69 Å². The van der Waals surface area contributed by atoms with Gasteiger partial charge in [0, 0.05) is 45.1 Å². The van der Waals surface area contributed by atoms with Gasteiger partial charge in [-0.1, -0.05) is 19.2 Å². The number of carboxylic acid groups (broad SMARTS) is 1. The van der Waals surface area contributed by atoms with E-state index >= 15 is 0 Å². The van der Waals surface area contributed by atoms with Gasteiger partial charge in [-0.2, -0.15) is 0 Å². The normalized spacial score (nSPS) is 18.3. The number of hydrogen-bond acceptors (Lipinski definition) is 6. The zero-order valence-corrected chi connectivity index (χ0v) is 14.1. The highest BCUT2D eigenvalue weighted by Gasteiger charge is 2.33. The van der Waals surface area contributed by atoms with Gasteiger partial charge in [-0.05, 0) is 18.9 Å². The van der Waals surface area contributed by atoms with Gasteiger partial charge in [-0.15, -0.1) is 0 Å². The monoisotopic (exact) mass is 331 g/mol. The Labute approximate surface area is 144 Å². The zero-order valence-electron chi connectivity index (χ0n) is 14.1. The van der Waals surface area contributed by atoms with Crippen LogP contribution in [0.5, 0.6) is 0 Å². The van der Waals surface area contributed by atoms with E-state index in [1.54, 1.807) is 18.5 Å². The van der Waals surface area contributed by atoms with Gasteiger partial charge in [0.25, 0.3) is 0 Å². The largest absolute Gasteiger partial charge is 0.480 e. The van der Waals surface area contributed by atoms with E-state index in [0.29, 0.717) is 25.7 Å². The van der Waals surface area contributed by atoms with Gasteiger partial charge >= 0.3 is 5.97 Å². The van der Waals surface area contributed by atoms with E-state index in [9.17, 15) is 9.90 Å². The lowest BCUT2D eigenvalue weighted by Crippen LogP contribution is -2.52. The molecule has 2 heterocycles. The molecule has 1 aliphatic rings. The topological polar surface area (TPSA) is 95.6 Å². The third-order valence-electron chi connectivity index (χ3n) is 4.58. The summed E-state index contributed by atoms with van der Waals surface area (Å²) in [5.41, 5.74) is 4.96. The summed E-state index contributed by atoms with van der Waals surface area (Å²) in [4.78, 5) is 24.5. The predicted molar refractivity (Wildman–Crippen MR) is 94.3 cm³/mol. The molecule has 1 saturated heterocycles. The van der Waals surface area contributed by atoms with Crippen molar-refractivity contribution in [3.63, 3.8) is 0 Å². The molecule has 0 amide bonds. The van der Waals surface area contributed by atoms with E-state index in [0.717, 1.165) is 45.0 Å². The summed E-state index contributed by atoms with van der Waals surface area (Å²) in [6, 6.07) is 1.80. The number of aromatic nitrogens is 2. The molecule has 1 fully saturated rings. The first-order valence-electron chi connectivity index (χ1n) is 8.52. The molecule has 1 aliphatic heterocycles. The molecule has 3 N–H and O–H groups in total. The molecular formula is C16H26BN5O2. The number of carbonyl (C=O) groups is 1. The fraction of sp³-hybridized carbons (Fsp3) is 0.688. The number of piperazine rings is 1. The molecule has 8 heteroatoms. The van der Waals surface area contributed by atoms with Crippen molar-refractivity contribution in [2.45, 2.75) is 37.5 Å². The Morgan fingerprint density at radius 1 is 1.21 bits per heavy atom. The Balaban J connectivity index is 1.79. The van der Waals surface area contributed by atoms with Crippen LogP contribution in [0.2, 0.25) is 6.32 Å². The summed E-state index contributed by atoms with van der Waals surface area (Å²) in [6.45, 7) is 4.08. The Kier molecular flexibility index (Phi) is 6.99. The van der Waals surface area contributed by atoms with Gasteiger partial charge < -0.3 is 15.7 Å². The summed E-state index contributed by atoms with van der Waals surface area (Å²) in [5.74, 6) is -0.173. The van der Waals surface area contributed by atoms with E-state index in [4.69, 9.17) is 13.6 Å². The molecule has 0 aliphatic carbocycles. The van der Waals surface area contributed by atoms with Gasteiger partial charge in [0.15, 0.2) is 0 Å². The number of anilines is 1. The lowest BCUT2D eigenvalue weighted by molar-refractivity contribution is -0.144. The summed E-state index contributed by atoms with van der Waals surface area (Å²) < 4.78 is 0. The molecule has 24 heavy (non-hydrogen) atoms. The average molecular weight is 331 g/mol. The van der Waals surface area contributed by atoms with E-state index in [2.05, 4.69) is 19.8 Å². The minimum atomic E-state index is -1.16. The smallest absolute Gasteiger partial charge is 0.323 e. The van der Waals surface area contributed by atoms with Crippen LogP contribution in [0.4, 0.5) is 5.95 Å². The Morgan fingerprint density at radius 3 is 2.46 bits per heavy atom. The van der Waals surface area contributed by atoms with Crippen molar-refractivity contribution in [3.05, 3.63) is 18.5 Å². The van der Waals surface area contributed by atoms with Gasteiger partial charge in [-0.25, -0.2) is 9.97 Å². The van der Waals surface area contributed by atoms with E-state index in [1.807, 2.05) is 0 Å². The Bertz CT molecular complexity index is 510. The highest BCUT2D eigenvalue weighted by Crippen LogP contribution is 2.19. The molecule has 0 bridgehead atoms. The van der Waals surface area contributed by atoms with Gasteiger partial charge in [0.2, 0.25) is 5.95 Å². The molecule has 7 nitrogen and oxygen atoms in total. The quantitative estimate of drug-likeness (QED) is 0.503. The second kappa shape index (κ2) is 8.99. The second-order valence-electron chi connectivity index (χ2n) is 6.33. The number of nitrogens with zero attached hydrogens (tertiary/aromatic N) is 4. The average Bonchev–Trinajstić information content (AvgIpc) is 2.61. The molecule has 1 aromatic rings. The molecule has 1 aromatic heterocycles. The molecule has 0 saturated carbocycles. The molecule has 1 atom stereocenters. The lowest BCUT2D eigenvalue weighted by atomic mass is 9.88. The summed E-state index contributed by atoms with van der Waals surface area (Å²) in [7, 11) is 5.47. The second-order valence-corrected chi connectivity index (χ2v) is 6.33. The van der Waals surface area contributed by atoms with E-state index < -0.39 is 11.5 Å². The number of unbranched alkanes of at least 4 members (excludes halogenated alkanes) is 1. The van der Waals surface area contributed by atoms with Crippen LogP contribution in [0.3, 0.4) is 0 Å². The molecule has 130 valence electrons. The minimum Gasteiger partial charge on any atom is -0.480 e. The summed E-state index contributed by atoms with van der Waals surface area (Å²) in [6.07, 6.45) is 6.53. The fourth-order valence-electron chi connectivity index (χ4n) is 2.91. The third kappa shape index (κ3) is 5.17. The van der Waals surface area contributed by atoms with Crippen LogP contribution < -0.4 is 10.6 Å². The standard InChI is InChI=1S/C16H26BN5O2/c17-6-2-1-4-16(18,14(23)24)5-9-21-10-12-22(13-11-21)15-19-7-3-8-20-15/h3,7-8H,1-2,4-6,9-13,18H2,(H,23,24). The third-order valence-corrected chi connectivity index (χ3v) is 4.58. The minimum absolute atomic E-state index is 0.453.